The number of rotatable bonds is 5. The van der Waals surface area contributed by atoms with Crippen LogP contribution in [-0.2, 0) is 14.4 Å². The minimum atomic E-state index is -0.0768. The van der Waals surface area contributed by atoms with E-state index in [0.29, 0.717) is 18.9 Å². The molecule has 2 saturated heterocycles. The van der Waals surface area contributed by atoms with E-state index in [-0.39, 0.29) is 35.6 Å². The fraction of sp³-hybridized carbons (Fsp3) is 0.850. The Hall–Kier alpha value is -1.59. The zero-order valence-corrected chi connectivity index (χ0v) is 16.2. The summed E-state index contributed by atoms with van der Waals surface area (Å²) in [7, 11) is 0. The molecule has 146 valence electrons. The van der Waals surface area contributed by atoms with Crippen LogP contribution in [0.3, 0.4) is 0 Å². The topological polar surface area (TPSA) is 69.7 Å². The molecule has 3 rings (SSSR count). The highest BCUT2D eigenvalue weighted by Crippen LogP contribution is 2.32. The summed E-state index contributed by atoms with van der Waals surface area (Å²) in [5.41, 5.74) is 0. The van der Waals surface area contributed by atoms with Crippen LogP contribution in [0.25, 0.3) is 0 Å². The number of nitrogens with one attached hydrogen (secondary N) is 1. The van der Waals surface area contributed by atoms with Crippen LogP contribution in [0.4, 0.5) is 0 Å². The van der Waals surface area contributed by atoms with Gasteiger partial charge in [-0.1, -0.05) is 13.8 Å². The van der Waals surface area contributed by atoms with Crippen molar-refractivity contribution in [2.75, 3.05) is 26.2 Å². The van der Waals surface area contributed by atoms with Crippen molar-refractivity contribution in [1.82, 2.24) is 15.1 Å². The van der Waals surface area contributed by atoms with E-state index in [9.17, 15) is 14.4 Å². The second-order valence-corrected chi connectivity index (χ2v) is 8.66. The van der Waals surface area contributed by atoms with Crippen LogP contribution in [0.1, 0.15) is 58.8 Å². The van der Waals surface area contributed by atoms with Crippen molar-refractivity contribution < 1.29 is 14.4 Å². The van der Waals surface area contributed by atoms with E-state index in [1.54, 1.807) is 0 Å². The highest BCUT2D eigenvalue weighted by molar-refractivity contribution is 5.83. The molecule has 2 aliphatic heterocycles. The molecular weight excluding hydrogens is 330 g/mol. The van der Waals surface area contributed by atoms with Gasteiger partial charge in [-0.25, -0.2) is 0 Å². The quantitative estimate of drug-likeness (QED) is 0.810. The van der Waals surface area contributed by atoms with E-state index in [2.05, 4.69) is 19.2 Å². The highest BCUT2D eigenvalue weighted by atomic mass is 16.2. The SMILES string of the molecule is CC(C)CC(=O)N1CCC(NC(=O)C2CCCN(C(=O)C3CC3)C2)CC1. The fourth-order valence-corrected chi connectivity index (χ4v) is 4.05. The van der Waals surface area contributed by atoms with Crippen LogP contribution < -0.4 is 5.32 Å². The molecule has 6 nitrogen and oxygen atoms in total. The lowest BCUT2D eigenvalue weighted by atomic mass is 9.95. The van der Waals surface area contributed by atoms with Crippen LogP contribution in [-0.4, -0.2) is 59.7 Å². The summed E-state index contributed by atoms with van der Waals surface area (Å²) in [5, 5.41) is 3.18. The van der Waals surface area contributed by atoms with Gasteiger partial charge in [0.2, 0.25) is 17.7 Å². The summed E-state index contributed by atoms with van der Waals surface area (Å²) >= 11 is 0. The summed E-state index contributed by atoms with van der Waals surface area (Å²) < 4.78 is 0. The van der Waals surface area contributed by atoms with Gasteiger partial charge in [-0.05, 0) is 44.4 Å². The Morgan fingerprint density at radius 3 is 2.23 bits per heavy atom. The van der Waals surface area contributed by atoms with Crippen molar-refractivity contribution in [2.45, 2.75) is 64.8 Å². The van der Waals surface area contributed by atoms with Crippen LogP contribution in [0.15, 0.2) is 0 Å². The number of piperidine rings is 2. The van der Waals surface area contributed by atoms with Gasteiger partial charge in [-0.2, -0.15) is 0 Å². The monoisotopic (exact) mass is 363 g/mol. The predicted octanol–water partition coefficient (Wildman–Crippen LogP) is 1.79. The molecule has 3 aliphatic rings. The molecule has 3 fully saturated rings. The molecule has 0 aromatic carbocycles. The lowest BCUT2D eigenvalue weighted by molar-refractivity contribution is -0.137. The highest BCUT2D eigenvalue weighted by Gasteiger charge is 2.37. The lowest BCUT2D eigenvalue weighted by Gasteiger charge is -2.35. The van der Waals surface area contributed by atoms with Crippen molar-refractivity contribution in [1.29, 1.82) is 0 Å². The molecule has 1 unspecified atom stereocenters. The van der Waals surface area contributed by atoms with Crippen LogP contribution in [0.2, 0.25) is 0 Å². The number of carbonyl (C=O) groups excluding carboxylic acids is 3. The molecule has 0 radical (unpaired) electrons. The largest absolute Gasteiger partial charge is 0.353 e. The normalized spacial score (nSPS) is 24.7. The Kier molecular flexibility index (Phi) is 6.20. The molecule has 2 heterocycles. The van der Waals surface area contributed by atoms with Crippen LogP contribution >= 0.6 is 0 Å². The Balaban J connectivity index is 1.42. The van der Waals surface area contributed by atoms with Crippen molar-refractivity contribution in [3.05, 3.63) is 0 Å². The number of likely N-dealkylation sites (tertiary alicyclic amines) is 2. The minimum absolute atomic E-state index is 0.0768. The maximum atomic E-state index is 12.7. The Bertz CT molecular complexity index is 536. The summed E-state index contributed by atoms with van der Waals surface area (Å²) in [4.78, 5) is 40.9. The second-order valence-electron chi connectivity index (χ2n) is 8.66. The van der Waals surface area contributed by atoms with Gasteiger partial charge in [0, 0.05) is 44.6 Å². The maximum absolute atomic E-state index is 12.7. The molecule has 6 heteroatoms. The summed E-state index contributed by atoms with van der Waals surface area (Å²) in [6.07, 6.45) is 6.06. The first kappa shape index (κ1) is 19.2. The predicted molar refractivity (Wildman–Crippen MR) is 99.2 cm³/mol. The molecule has 1 N–H and O–H groups in total. The van der Waals surface area contributed by atoms with E-state index in [0.717, 1.165) is 58.2 Å². The van der Waals surface area contributed by atoms with Gasteiger partial charge in [0.1, 0.15) is 0 Å². The van der Waals surface area contributed by atoms with Gasteiger partial charge in [-0.3, -0.25) is 14.4 Å². The van der Waals surface area contributed by atoms with Crippen molar-refractivity contribution in [3.8, 4) is 0 Å². The molecule has 1 saturated carbocycles. The maximum Gasteiger partial charge on any atom is 0.225 e. The average Bonchev–Trinajstić information content (AvgIpc) is 3.46. The zero-order chi connectivity index (χ0) is 18.7. The van der Waals surface area contributed by atoms with Gasteiger partial charge in [0.15, 0.2) is 0 Å². The van der Waals surface area contributed by atoms with E-state index in [4.69, 9.17) is 0 Å². The van der Waals surface area contributed by atoms with E-state index < -0.39 is 0 Å². The number of carbonyl (C=O) groups is 3. The summed E-state index contributed by atoms with van der Waals surface area (Å²) in [6, 6.07) is 0.153. The molecular formula is C20H33N3O3. The first-order valence-corrected chi connectivity index (χ1v) is 10.3. The molecule has 0 aromatic rings. The summed E-state index contributed by atoms with van der Waals surface area (Å²) in [6.45, 7) is 6.96. The molecule has 3 amide bonds. The standard InChI is InChI=1S/C20H33N3O3/c1-14(2)12-18(24)22-10-7-17(8-11-22)21-19(25)16-4-3-9-23(13-16)20(26)15-5-6-15/h14-17H,3-13H2,1-2H3,(H,21,25). The zero-order valence-electron chi connectivity index (χ0n) is 16.2. The molecule has 0 bridgehead atoms. The fourth-order valence-electron chi connectivity index (χ4n) is 4.05. The second kappa shape index (κ2) is 8.40. The van der Waals surface area contributed by atoms with E-state index in [1.165, 1.54) is 0 Å². The van der Waals surface area contributed by atoms with Gasteiger partial charge >= 0.3 is 0 Å². The Labute approximate surface area is 156 Å². The molecule has 26 heavy (non-hydrogen) atoms. The number of amides is 3. The molecule has 1 atom stereocenters. The van der Waals surface area contributed by atoms with Gasteiger partial charge in [0.05, 0.1) is 5.92 Å². The Morgan fingerprint density at radius 2 is 1.62 bits per heavy atom. The lowest BCUT2D eigenvalue weighted by Crippen LogP contribution is -2.51. The number of nitrogens with zero attached hydrogens (tertiary/aromatic N) is 2. The van der Waals surface area contributed by atoms with Crippen molar-refractivity contribution in [2.24, 2.45) is 17.8 Å². The van der Waals surface area contributed by atoms with E-state index in [1.807, 2.05) is 9.80 Å². The smallest absolute Gasteiger partial charge is 0.225 e. The van der Waals surface area contributed by atoms with Crippen LogP contribution in [0, 0.1) is 17.8 Å². The first-order chi connectivity index (χ1) is 12.4. The third-order valence-corrected chi connectivity index (χ3v) is 5.81. The third kappa shape index (κ3) is 4.98. The number of hydrogen-bond donors (Lipinski definition) is 1. The number of hydrogen-bond acceptors (Lipinski definition) is 3. The molecule has 1 aliphatic carbocycles. The Morgan fingerprint density at radius 1 is 0.923 bits per heavy atom. The average molecular weight is 364 g/mol. The van der Waals surface area contributed by atoms with Gasteiger partial charge < -0.3 is 15.1 Å². The van der Waals surface area contributed by atoms with Gasteiger partial charge in [-0.15, -0.1) is 0 Å². The minimum Gasteiger partial charge on any atom is -0.353 e. The van der Waals surface area contributed by atoms with E-state index >= 15 is 0 Å². The van der Waals surface area contributed by atoms with Crippen LogP contribution in [0.5, 0.6) is 0 Å². The first-order valence-electron chi connectivity index (χ1n) is 10.3. The summed E-state index contributed by atoms with van der Waals surface area (Å²) in [5.74, 6) is 1.10. The van der Waals surface area contributed by atoms with Crippen molar-refractivity contribution >= 4 is 17.7 Å². The van der Waals surface area contributed by atoms with Crippen molar-refractivity contribution in [3.63, 3.8) is 0 Å². The van der Waals surface area contributed by atoms with Gasteiger partial charge in [0.25, 0.3) is 0 Å². The molecule has 0 spiro atoms. The molecule has 0 aromatic heterocycles. The third-order valence-electron chi connectivity index (χ3n) is 5.81.